The summed E-state index contributed by atoms with van der Waals surface area (Å²) < 4.78 is 15.9. The fourth-order valence-corrected chi connectivity index (χ4v) is 4.16. The van der Waals surface area contributed by atoms with Crippen molar-refractivity contribution in [1.29, 1.82) is 0 Å². The number of benzene rings is 3. The second kappa shape index (κ2) is 9.69. The lowest BCUT2D eigenvalue weighted by molar-refractivity contribution is 0.0601. The molecule has 3 aromatic carbocycles. The Bertz CT molecular complexity index is 1380. The number of hydrogen-bond donors (Lipinski definition) is 1. The molecule has 0 unspecified atom stereocenters. The van der Waals surface area contributed by atoms with E-state index in [1.54, 1.807) is 18.2 Å². The van der Waals surface area contributed by atoms with Crippen LogP contribution < -0.4 is 14.8 Å². The average molecular weight is 520 g/mol. The van der Waals surface area contributed by atoms with Crippen LogP contribution in [0.3, 0.4) is 0 Å². The summed E-state index contributed by atoms with van der Waals surface area (Å²) in [6.07, 6.45) is 1.93. The number of rotatable bonds is 7. The average Bonchev–Trinajstić information content (AvgIpc) is 3.35. The Morgan fingerprint density at radius 3 is 2.74 bits per heavy atom. The molecule has 7 nitrogen and oxygen atoms in total. The molecule has 8 heteroatoms. The summed E-state index contributed by atoms with van der Waals surface area (Å²) in [4.78, 5) is 21.8. The van der Waals surface area contributed by atoms with Crippen LogP contribution in [0.15, 0.2) is 60.7 Å². The molecule has 1 aliphatic heterocycles. The lowest BCUT2D eigenvalue weighted by Gasteiger charge is -2.15. The highest BCUT2D eigenvalue weighted by Crippen LogP contribution is 2.38. The monoisotopic (exact) mass is 519 g/mol. The van der Waals surface area contributed by atoms with E-state index in [2.05, 4.69) is 27.3 Å². The number of halogens is 1. The number of carbonyl (C=O) groups excluding carboxylic acids is 1. The minimum Gasteiger partial charge on any atom is -0.465 e. The number of para-hydroxylation sites is 1. The van der Waals surface area contributed by atoms with Crippen molar-refractivity contribution in [1.82, 2.24) is 9.97 Å². The lowest BCUT2D eigenvalue weighted by Crippen LogP contribution is -2.04. The third-order valence-electron chi connectivity index (χ3n) is 5.58. The van der Waals surface area contributed by atoms with E-state index in [0.717, 1.165) is 29.4 Å². The Kier molecular flexibility index (Phi) is 6.31. The smallest absolute Gasteiger partial charge is 0.337 e. The summed E-state index contributed by atoms with van der Waals surface area (Å²) in [5.74, 6) is 1.54. The molecule has 172 valence electrons. The van der Waals surface area contributed by atoms with Crippen molar-refractivity contribution in [2.75, 3.05) is 24.5 Å². The summed E-state index contributed by atoms with van der Waals surface area (Å²) in [6, 6.07) is 19.0. The molecule has 0 saturated heterocycles. The molecule has 0 aliphatic carbocycles. The van der Waals surface area contributed by atoms with E-state index in [-0.39, 0.29) is 6.79 Å². The Hall–Kier alpha value is -3.65. The highest BCUT2D eigenvalue weighted by Gasteiger charge is 2.19. The molecule has 0 bridgehead atoms. The predicted molar refractivity (Wildman–Crippen MR) is 134 cm³/mol. The van der Waals surface area contributed by atoms with Gasteiger partial charge in [0.25, 0.3) is 0 Å². The van der Waals surface area contributed by atoms with Crippen LogP contribution in [-0.4, -0.2) is 35.2 Å². The Morgan fingerprint density at radius 1 is 1.03 bits per heavy atom. The fourth-order valence-electron chi connectivity index (χ4n) is 3.88. The summed E-state index contributed by atoms with van der Waals surface area (Å²) in [5, 5.41) is 4.42. The number of aromatic nitrogens is 2. The van der Waals surface area contributed by atoms with Crippen LogP contribution in [0.4, 0.5) is 11.5 Å². The van der Waals surface area contributed by atoms with E-state index in [9.17, 15) is 4.79 Å². The van der Waals surface area contributed by atoms with Gasteiger partial charge < -0.3 is 19.5 Å². The number of anilines is 2. The van der Waals surface area contributed by atoms with Crippen molar-refractivity contribution >= 4 is 44.4 Å². The number of fused-ring (bicyclic) bond motifs is 2. The first-order valence-electron chi connectivity index (χ1n) is 10.9. The molecule has 1 aromatic heterocycles. The molecular formula is C26H22BrN3O4. The maximum atomic E-state index is 12.1. The number of nitrogens with zero attached hydrogens (tertiary/aromatic N) is 2. The third-order valence-corrected chi connectivity index (χ3v) is 6.14. The number of carbonyl (C=O) groups is 1. The molecule has 0 amide bonds. The Morgan fingerprint density at radius 2 is 1.88 bits per heavy atom. The van der Waals surface area contributed by atoms with Crippen LogP contribution in [0.2, 0.25) is 0 Å². The number of nitrogens with one attached hydrogen (secondary N) is 1. The van der Waals surface area contributed by atoms with Gasteiger partial charge >= 0.3 is 5.97 Å². The fraction of sp³-hybridized carbons (Fsp3) is 0.192. The molecule has 1 aliphatic rings. The third kappa shape index (κ3) is 4.41. The van der Waals surface area contributed by atoms with Crippen LogP contribution in [0, 0.1) is 0 Å². The molecule has 1 N–H and O–H groups in total. The van der Waals surface area contributed by atoms with Crippen LogP contribution in [0.1, 0.15) is 22.3 Å². The van der Waals surface area contributed by atoms with Gasteiger partial charge in [0, 0.05) is 16.6 Å². The molecule has 0 fully saturated rings. The zero-order valence-corrected chi connectivity index (χ0v) is 20.1. The lowest BCUT2D eigenvalue weighted by atomic mass is 10.1. The molecule has 2 heterocycles. The minimum absolute atomic E-state index is 0.199. The summed E-state index contributed by atoms with van der Waals surface area (Å²) in [7, 11) is 1.36. The normalized spacial score (nSPS) is 12.1. The van der Waals surface area contributed by atoms with Crippen molar-refractivity contribution in [3.05, 3.63) is 71.8 Å². The number of alkyl halides is 1. The van der Waals surface area contributed by atoms with E-state index in [4.69, 9.17) is 24.2 Å². The number of hydrogen-bond acceptors (Lipinski definition) is 7. The number of ether oxygens (including phenoxy) is 3. The quantitative estimate of drug-likeness (QED) is 0.241. The van der Waals surface area contributed by atoms with Crippen molar-refractivity contribution in [3.63, 3.8) is 0 Å². The van der Waals surface area contributed by atoms with Gasteiger partial charge in [-0.05, 0) is 60.9 Å². The molecule has 4 aromatic rings. The van der Waals surface area contributed by atoms with Gasteiger partial charge in [0.05, 0.1) is 23.7 Å². The van der Waals surface area contributed by atoms with Crippen LogP contribution in [0.25, 0.3) is 22.3 Å². The van der Waals surface area contributed by atoms with Crippen LogP contribution in [0.5, 0.6) is 11.5 Å². The molecular weight excluding hydrogens is 498 g/mol. The van der Waals surface area contributed by atoms with E-state index in [1.807, 2.05) is 36.4 Å². The van der Waals surface area contributed by atoms with E-state index >= 15 is 0 Å². The summed E-state index contributed by atoms with van der Waals surface area (Å²) >= 11 is 3.51. The first-order valence-corrected chi connectivity index (χ1v) is 12.0. The summed E-state index contributed by atoms with van der Waals surface area (Å²) in [6.45, 7) is 0.199. The second-order valence-electron chi connectivity index (χ2n) is 7.76. The highest BCUT2D eigenvalue weighted by atomic mass is 79.9. The topological polar surface area (TPSA) is 82.6 Å². The van der Waals surface area contributed by atoms with Crippen LogP contribution >= 0.6 is 15.9 Å². The van der Waals surface area contributed by atoms with Crippen LogP contribution in [-0.2, 0) is 11.2 Å². The van der Waals surface area contributed by atoms with E-state index < -0.39 is 5.97 Å². The molecule has 0 spiro atoms. The van der Waals surface area contributed by atoms with Crippen molar-refractivity contribution < 1.29 is 19.0 Å². The predicted octanol–water partition coefficient (Wildman–Crippen LogP) is 5.88. The Labute approximate surface area is 205 Å². The van der Waals surface area contributed by atoms with E-state index in [1.165, 1.54) is 12.7 Å². The van der Waals surface area contributed by atoms with Gasteiger partial charge in [0.2, 0.25) is 6.79 Å². The van der Waals surface area contributed by atoms with Gasteiger partial charge in [-0.25, -0.2) is 14.8 Å². The van der Waals surface area contributed by atoms with Crippen molar-refractivity contribution in [2.24, 2.45) is 0 Å². The van der Waals surface area contributed by atoms with Gasteiger partial charge in [0.1, 0.15) is 5.69 Å². The number of aryl methyl sites for hydroxylation is 1. The van der Waals surface area contributed by atoms with Crippen molar-refractivity contribution in [3.8, 4) is 22.8 Å². The largest absolute Gasteiger partial charge is 0.465 e. The molecule has 5 rings (SSSR count). The van der Waals surface area contributed by atoms with E-state index in [0.29, 0.717) is 39.6 Å². The van der Waals surface area contributed by atoms with Gasteiger partial charge in [0.15, 0.2) is 17.3 Å². The zero-order chi connectivity index (χ0) is 23.5. The maximum absolute atomic E-state index is 12.1. The van der Waals surface area contributed by atoms with Crippen molar-refractivity contribution in [2.45, 2.75) is 12.8 Å². The Balaban J connectivity index is 1.64. The second-order valence-corrected chi connectivity index (χ2v) is 8.55. The zero-order valence-electron chi connectivity index (χ0n) is 18.5. The van der Waals surface area contributed by atoms with Gasteiger partial charge in [-0.3, -0.25) is 0 Å². The van der Waals surface area contributed by atoms with Gasteiger partial charge in [-0.2, -0.15) is 0 Å². The molecule has 0 radical (unpaired) electrons. The maximum Gasteiger partial charge on any atom is 0.337 e. The van der Waals surface area contributed by atoms with Gasteiger partial charge in [-0.1, -0.05) is 34.1 Å². The molecule has 0 atom stereocenters. The molecule has 0 saturated carbocycles. The number of esters is 1. The summed E-state index contributed by atoms with van der Waals surface area (Å²) in [5.41, 5.74) is 5.34. The standard InChI is InChI=1S/C26H22BrN3O4/c1-32-26(31)18-8-10-20-21(13-18)30-25(29-19-7-3-2-5-16(19)6-4-12-27)24(28-20)17-9-11-22-23(14-17)34-15-33-22/h2-3,5,7-11,13-14H,4,6,12,15H2,1H3,(H,29,30). The highest BCUT2D eigenvalue weighted by molar-refractivity contribution is 9.09. The first kappa shape index (κ1) is 22.2. The number of methoxy groups -OCH3 is 1. The molecule has 34 heavy (non-hydrogen) atoms. The first-order chi connectivity index (χ1) is 16.7. The minimum atomic E-state index is -0.418. The van der Waals surface area contributed by atoms with Gasteiger partial charge in [-0.15, -0.1) is 0 Å². The SMILES string of the molecule is COC(=O)c1ccc2nc(-c3ccc4c(c3)OCO4)c(Nc3ccccc3CCCBr)nc2c1.